The van der Waals surface area contributed by atoms with E-state index in [0.717, 1.165) is 0 Å². The van der Waals surface area contributed by atoms with Crippen LogP contribution in [-0.2, 0) is 0 Å². The third-order valence-corrected chi connectivity index (χ3v) is 4.64. The molecule has 0 fully saturated rings. The average molecular weight is 244 g/mol. The lowest BCUT2D eigenvalue weighted by atomic mass is 9.91. The molecule has 0 saturated heterocycles. The van der Waals surface area contributed by atoms with E-state index in [-0.39, 0.29) is 0 Å². The molecule has 1 aromatic carbocycles. The summed E-state index contributed by atoms with van der Waals surface area (Å²) in [6.45, 7) is 13.3. The van der Waals surface area contributed by atoms with Crippen LogP contribution in [0.3, 0.4) is 0 Å². The second-order valence-electron chi connectivity index (χ2n) is 5.57. The Bertz CT molecular complexity index is 526. The predicted molar refractivity (Wildman–Crippen MR) is 78.3 cm³/mol. The van der Waals surface area contributed by atoms with Gasteiger partial charge < -0.3 is 5.43 Å². The van der Waals surface area contributed by atoms with E-state index in [0.29, 0.717) is 6.04 Å². The van der Waals surface area contributed by atoms with Crippen LogP contribution in [0.1, 0.15) is 41.7 Å². The van der Waals surface area contributed by atoms with Gasteiger partial charge in [0.15, 0.2) is 0 Å². The van der Waals surface area contributed by atoms with Gasteiger partial charge in [-0.1, -0.05) is 0 Å². The first kappa shape index (κ1) is 13.2. The SMILES string of the molecule is CC1=C(c2cc(C)c(C)c(C)c2C)NN(C)C1C. The summed E-state index contributed by atoms with van der Waals surface area (Å²) in [5.74, 6) is 0. The summed E-state index contributed by atoms with van der Waals surface area (Å²) in [5.41, 5.74) is 13.1. The van der Waals surface area contributed by atoms with Crippen molar-refractivity contribution >= 4 is 5.70 Å². The molecule has 1 aromatic rings. The van der Waals surface area contributed by atoms with Gasteiger partial charge >= 0.3 is 0 Å². The number of nitrogens with one attached hydrogen (secondary N) is 1. The summed E-state index contributed by atoms with van der Waals surface area (Å²) < 4.78 is 0. The third kappa shape index (κ3) is 1.85. The van der Waals surface area contributed by atoms with Crippen molar-refractivity contribution < 1.29 is 0 Å². The highest BCUT2D eigenvalue weighted by atomic mass is 15.5. The summed E-state index contributed by atoms with van der Waals surface area (Å²) >= 11 is 0. The normalized spacial score (nSPS) is 20.5. The summed E-state index contributed by atoms with van der Waals surface area (Å²) in [6, 6.07) is 2.77. The van der Waals surface area contributed by atoms with Gasteiger partial charge in [-0.05, 0) is 75.4 Å². The zero-order valence-electron chi connectivity index (χ0n) is 12.6. The van der Waals surface area contributed by atoms with Gasteiger partial charge in [0.1, 0.15) is 0 Å². The minimum Gasteiger partial charge on any atom is -0.318 e. The second-order valence-corrected chi connectivity index (χ2v) is 5.57. The number of rotatable bonds is 1. The molecule has 0 aliphatic carbocycles. The zero-order chi connectivity index (χ0) is 13.6. The molecule has 2 nitrogen and oxygen atoms in total. The molecule has 1 N–H and O–H groups in total. The van der Waals surface area contributed by atoms with Crippen LogP contribution >= 0.6 is 0 Å². The van der Waals surface area contributed by atoms with Gasteiger partial charge in [-0.15, -0.1) is 0 Å². The highest BCUT2D eigenvalue weighted by Gasteiger charge is 2.25. The first-order chi connectivity index (χ1) is 8.34. The summed E-state index contributed by atoms with van der Waals surface area (Å²) in [6.07, 6.45) is 0. The fourth-order valence-corrected chi connectivity index (χ4v) is 2.61. The van der Waals surface area contributed by atoms with E-state index in [1.807, 2.05) is 0 Å². The Balaban J connectivity index is 2.60. The molecule has 2 rings (SSSR count). The maximum atomic E-state index is 3.50. The molecule has 98 valence electrons. The molecule has 1 atom stereocenters. The first-order valence-corrected chi connectivity index (χ1v) is 6.62. The number of likely N-dealkylation sites (N-methyl/N-ethyl adjacent to an activating group) is 1. The number of hydrogen-bond acceptors (Lipinski definition) is 2. The number of aryl methyl sites for hydroxylation is 1. The van der Waals surface area contributed by atoms with E-state index < -0.39 is 0 Å². The Hall–Kier alpha value is -1.28. The van der Waals surface area contributed by atoms with Crippen molar-refractivity contribution in [2.45, 2.75) is 47.6 Å². The quantitative estimate of drug-likeness (QED) is 0.813. The van der Waals surface area contributed by atoms with Gasteiger partial charge in [0.05, 0.1) is 5.70 Å². The Morgan fingerprint density at radius 2 is 1.61 bits per heavy atom. The number of hydrogen-bond donors (Lipinski definition) is 1. The predicted octanol–water partition coefficient (Wildman–Crippen LogP) is 3.49. The maximum Gasteiger partial charge on any atom is 0.0570 e. The van der Waals surface area contributed by atoms with Crippen LogP contribution in [0.5, 0.6) is 0 Å². The Kier molecular flexibility index (Phi) is 3.24. The van der Waals surface area contributed by atoms with Crippen LogP contribution in [0.15, 0.2) is 11.6 Å². The summed E-state index contributed by atoms with van der Waals surface area (Å²) in [5, 5.41) is 2.18. The molecule has 18 heavy (non-hydrogen) atoms. The van der Waals surface area contributed by atoms with E-state index in [2.05, 4.69) is 65.1 Å². The van der Waals surface area contributed by atoms with Crippen molar-refractivity contribution in [2.75, 3.05) is 7.05 Å². The van der Waals surface area contributed by atoms with Crippen molar-refractivity contribution in [3.8, 4) is 0 Å². The van der Waals surface area contributed by atoms with Gasteiger partial charge in [0.25, 0.3) is 0 Å². The fraction of sp³-hybridized carbons (Fsp3) is 0.500. The van der Waals surface area contributed by atoms with Crippen LogP contribution in [0.2, 0.25) is 0 Å². The second kappa shape index (κ2) is 4.43. The van der Waals surface area contributed by atoms with Crippen LogP contribution < -0.4 is 5.43 Å². The van der Waals surface area contributed by atoms with Gasteiger partial charge in [-0.25, -0.2) is 5.01 Å². The van der Waals surface area contributed by atoms with E-state index >= 15 is 0 Å². The molecule has 1 unspecified atom stereocenters. The van der Waals surface area contributed by atoms with Crippen molar-refractivity contribution in [2.24, 2.45) is 0 Å². The number of benzene rings is 1. The monoisotopic (exact) mass is 244 g/mol. The van der Waals surface area contributed by atoms with Gasteiger partial charge in [-0.2, -0.15) is 0 Å². The molecular formula is C16H24N2. The van der Waals surface area contributed by atoms with Crippen molar-refractivity contribution in [3.05, 3.63) is 39.5 Å². The van der Waals surface area contributed by atoms with Crippen LogP contribution in [-0.4, -0.2) is 18.1 Å². The van der Waals surface area contributed by atoms with Crippen LogP contribution in [0.25, 0.3) is 5.70 Å². The minimum absolute atomic E-state index is 0.460. The third-order valence-electron chi connectivity index (χ3n) is 4.64. The van der Waals surface area contributed by atoms with Crippen molar-refractivity contribution in [3.63, 3.8) is 0 Å². The van der Waals surface area contributed by atoms with E-state index in [1.54, 1.807) is 0 Å². The summed E-state index contributed by atoms with van der Waals surface area (Å²) in [7, 11) is 2.10. The van der Waals surface area contributed by atoms with Crippen molar-refractivity contribution in [1.29, 1.82) is 0 Å². The molecule has 1 heterocycles. The minimum atomic E-state index is 0.460. The first-order valence-electron chi connectivity index (χ1n) is 6.62. The highest BCUT2D eigenvalue weighted by Crippen LogP contribution is 2.31. The lowest BCUT2D eigenvalue weighted by molar-refractivity contribution is 0.265. The molecule has 1 aliphatic rings. The number of nitrogens with zero attached hydrogens (tertiary/aromatic N) is 1. The molecule has 0 spiro atoms. The molecule has 1 aliphatic heterocycles. The lowest BCUT2D eigenvalue weighted by Crippen LogP contribution is -2.33. The standard InChI is InChI=1S/C16H24N2/c1-9-8-15(12(4)11(3)10(9)2)16-13(5)14(6)18(7)17-16/h8,14,17H,1-7H3. The molecule has 0 amide bonds. The van der Waals surface area contributed by atoms with Crippen molar-refractivity contribution in [1.82, 2.24) is 10.4 Å². The molecular weight excluding hydrogens is 220 g/mol. The molecule has 0 bridgehead atoms. The molecule has 0 aromatic heterocycles. The number of hydrazine groups is 1. The lowest BCUT2D eigenvalue weighted by Gasteiger charge is -2.18. The van der Waals surface area contributed by atoms with E-state index in [9.17, 15) is 0 Å². The topological polar surface area (TPSA) is 15.3 Å². The Morgan fingerprint density at radius 1 is 1.00 bits per heavy atom. The van der Waals surface area contributed by atoms with Gasteiger partial charge in [0.2, 0.25) is 0 Å². The van der Waals surface area contributed by atoms with Gasteiger partial charge in [-0.3, -0.25) is 0 Å². The van der Waals surface area contributed by atoms with E-state index in [4.69, 9.17) is 0 Å². The van der Waals surface area contributed by atoms with Crippen LogP contribution in [0.4, 0.5) is 0 Å². The Labute approximate surface area is 111 Å². The molecule has 0 saturated carbocycles. The fourth-order valence-electron chi connectivity index (χ4n) is 2.61. The Morgan fingerprint density at radius 3 is 2.11 bits per heavy atom. The average Bonchev–Trinajstić information content (AvgIpc) is 2.59. The van der Waals surface area contributed by atoms with Gasteiger partial charge in [0, 0.05) is 18.7 Å². The zero-order valence-corrected chi connectivity index (χ0v) is 12.6. The molecule has 0 radical (unpaired) electrons. The smallest absolute Gasteiger partial charge is 0.0570 e. The highest BCUT2D eigenvalue weighted by molar-refractivity contribution is 5.73. The van der Waals surface area contributed by atoms with Crippen LogP contribution in [0, 0.1) is 27.7 Å². The summed E-state index contributed by atoms with van der Waals surface area (Å²) in [4.78, 5) is 0. The maximum absolute atomic E-state index is 3.50. The van der Waals surface area contributed by atoms with E-state index in [1.165, 1.54) is 39.1 Å². The largest absolute Gasteiger partial charge is 0.318 e. The molecule has 2 heteroatoms.